The number of benzene rings is 2. The molecule has 0 spiro atoms. The van der Waals surface area contributed by atoms with E-state index in [2.05, 4.69) is 16.0 Å². The van der Waals surface area contributed by atoms with Crippen LogP contribution in [0.15, 0.2) is 36.4 Å². The summed E-state index contributed by atoms with van der Waals surface area (Å²) in [6.07, 6.45) is 0.671. The van der Waals surface area contributed by atoms with Crippen LogP contribution in [0.3, 0.4) is 0 Å². The fourth-order valence-corrected chi connectivity index (χ4v) is 5.11. The Labute approximate surface area is 190 Å². The smallest absolute Gasteiger partial charge is 0.251 e. The lowest BCUT2D eigenvalue weighted by Crippen LogP contribution is -2.43. The third-order valence-electron chi connectivity index (χ3n) is 4.81. The molecule has 0 bridgehead atoms. The number of nitrogens with one attached hydrogen (secondary N) is 3. The first-order chi connectivity index (χ1) is 15.2. The minimum atomic E-state index is -3.75. The van der Waals surface area contributed by atoms with E-state index in [1.54, 1.807) is 19.2 Å². The monoisotopic (exact) mass is 483 g/mol. The number of sulfone groups is 1. The fraction of sp³-hybridized carbons (Fsp3) is 0.333. The second kappa shape index (κ2) is 10.3. The third kappa shape index (κ3) is 6.18. The van der Waals surface area contributed by atoms with E-state index < -0.39 is 39.1 Å². The molecule has 0 fully saturated rings. The minimum absolute atomic E-state index is 0.00741. The molecule has 3 rings (SSSR count). The quantitative estimate of drug-likeness (QED) is 0.472. The Kier molecular flexibility index (Phi) is 7.70. The minimum Gasteiger partial charge on any atom is -0.385 e. The highest BCUT2D eigenvalue weighted by atomic mass is 35.5. The number of halogens is 2. The van der Waals surface area contributed by atoms with Crippen LogP contribution in [-0.2, 0) is 25.1 Å². The Morgan fingerprint density at radius 3 is 2.72 bits per heavy atom. The zero-order valence-corrected chi connectivity index (χ0v) is 18.9. The average Bonchev–Trinajstić information content (AvgIpc) is 2.73. The van der Waals surface area contributed by atoms with E-state index in [1.165, 1.54) is 12.1 Å². The largest absolute Gasteiger partial charge is 0.385 e. The molecule has 2 aromatic rings. The molecule has 0 radical (unpaired) electrons. The van der Waals surface area contributed by atoms with Gasteiger partial charge < -0.3 is 20.7 Å². The number of ether oxygens (including phenoxy) is 1. The van der Waals surface area contributed by atoms with E-state index in [0.717, 1.165) is 12.1 Å². The molecule has 0 unspecified atom stereocenters. The molecule has 32 heavy (non-hydrogen) atoms. The van der Waals surface area contributed by atoms with Crippen LogP contribution < -0.4 is 16.0 Å². The number of hydrogen-bond acceptors (Lipinski definition) is 6. The molecule has 0 saturated heterocycles. The summed E-state index contributed by atoms with van der Waals surface area (Å²) in [5, 5.41) is 8.32. The topological polar surface area (TPSA) is 114 Å². The summed E-state index contributed by atoms with van der Waals surface area (Å²) in [5.74, 6) is -2.30. The first-order valence-electron chi connectivity index (χ1n) is 9.81. The van der Waals surface area contributed by atoms with Crippen LogP contribution in [0.4, 0.5) is 15.8 Å². The summed E-state index contributed by atoms with van der Waals surface area (Å²) in [5.41, 5.74) is 1.50. The number of carbonyl (C=O) groups is 2. The standard InChI is InChI=1S/C21H23ClFN3O5S/c1-31-8-2-7-24-20(27)13-4-6-17-18(9-13)26-21(28)19(25-17)12-32(29,30)11-14-3-5-15(23)10-16(14)22/h3-6,9-10,19,25H,2,7-8,11-12H2,1H3,(H,24,27)(H,26,28)/t19-/m1/s1. The first kappa shape index (κ1) is 24.0. The lowest BCUT2D eigenvalue weighted by atomic mass is 10.1. The van der Waals surface area contributed by atoms with Gasteiger partial charge in [0.25, 0.3) is 5.91 Å². The molecule has 2 amide bonds. The molecule has 8 nitrogen and oxygen atoms in total. The number of methoxy groups -OCH3 is 1. The molecule has 0 aromatic heterocycles. The summed E-state index contributed by atoms with van der Waals surface area (Å²) < 4.78 is 43.4. The Morgan fingerprint density at radius 1 is 1.22 bits per heavy atom. The summed E-state index contributed by atoms with van der Waals surface area (Å²) in [7, 11) is -2.17. The van der Waals surface area contributed by atoms with Crippen molar-refractivity contribution in [3.63, 3.8) is 0 Å². The van der Waals surface area contributed by atoms with Gasteiger partial charge in [-0.3, -0.25) is 9.59 Å². The highest BCUT2D eigenvalue weighted by Crippen LogP contribution is 2.29. The third-order valence-corrected chi connectivity index (χ3v) is 6.75. The number of amides is 2. The Morgan fingerprint density at radius 2 is 2.00 bits per heavy atom. The van der Waals surface area contributed by atoms with Crippen molar-refractivity contribution in [1.82, 2.24) is 5.32 Å². The van der Waals surface area contributed by atoms with Gasteiger partial charge in [0.15, 0.2) is 9.84 Å². The number of anilines is 2. The molecule has 11 heteroatoms. The molecule has 1 atom stereocenters. The van der Waals surface area contributed by atoms with E-state index in [9.17, 15) is 22.4 Å². The zero-order chi connectivity index (χ0) is 23.3. The Hall–Kier alpha value is -2.69. The van der Waals surface area contributed by atoms with Crippen LogP contribution in [0.5, 0.6) is 0 Å². The van der Waals surface area contributed by atoms with Crippen LogP contribution in [0.25, 0.3) is 0 Å². The molecule has 172 valence electrons. The van der Waals surface area contributed by atoms with Crippen molar-refractivity contribution in [2.24, 2.45) is 0 Å². The fourth-order valence-electron chi connectivity index (χ4n) is 3.21. The highest BCUT2D eigenvalue weighted by molar-refractivity contribution is 7.90. The van der Waals surface area contributed by atoms with Gasteiger partial charge in [0.2, 0.25) is 5.91 Å². The second-order valence-corrected chi connectivity index (χ2v) is 9.86. The molecule has 2 aromatic carbocycles. The summed E-state index contributed by atoms with van der Waals surface area (Å²) in [4.78, 5) is 24.7. The molecular weight excluding hydrogens is 461 g/mol. The van der Waals surface area contributed by atoms with Crippen molar-refractivity contribution in [2.75, 3.05) is 36.6 Å². The normalized spacial score (nSPS) is 15.5. The molecule has 1 heterocycles. The van der Waals surface area contributed by atoms with Crippen LogP contribution >= 0.6 is 11.6 Å². The Balaban J connectivity index is 1.66. The van der Waals surface area contributed by atoms with Crippen molar-refractivity contribution >= 4 is 44.6 Å². The van der Waals surface area contributed by atoms with E-state index in [0.29, 0.717) is 36.5 Å². The van der Waals surface area contributed by atoms with Gasteiger partial charge in [0, 0.05) is 30.8 Å². The van der Waals surface area contributed by atoms with Gasteiger partial charge in [0.1, 0.15) is 11.9 Å². The van der Waals surface area contributed by atoms with Gasteiger partial charge >= 0.3 is 0 Å². The van der Waals surface area contributed by atoms with Crippen molar-refractivity contribution in [1.29, 1.82) is 0 Å². The molecule has 0 aliphatic carbocycles. The van der Waals surface area contributed by atoms with E-state index in [1.807, 2.05) is 0 Å². The van der Waals surface area contributed by atoms with Crippen LogP contribution in [0, 0.1) is 5.82 Å². The lowest BCUT2D eigenvalue weighted by Gasteiger charge is -2.27. The number of carbonyl (C=O) groups excluding carboxylic acids is 2. The van der Waals surface area contributed by atoms with Crippen molar-refractivity contribution in [3.8, 4) is 0 Å². The maximum atomic E-state index is 13.2. The molecule has 1 aliphatic heterocycles. The molecule has 1 aliphatic rings. The van der Waals surface area contributed by atoms with E-state index >= 15 is 0 Å². The predicted octanol–water partition coefficient (Wildman–Crippen LogP) is 2.59. The summed E-state index contributed by atoms with van der Waals surface area (Å²) in [6.45, 7) is 0.981. The van der Waals surface area contributed by atoms with Crippen LogP contribution in [-0.4, -0.2) is 52.3 Å². The maximum Gasteiger partial charge on any atom is 0.251 e. The van der Waals surface area contributed by atoms with Crippen LogP contribution in [0.2, 0.25) is 5.02 Å². The molecule has 3 N–H and O–H groups in total. The zero-order valence-electron chi connectivity index (χ0n) is 17.3. The highest BCUT2D eigenvalue weighted by Gasteiger charge is 2.31. The van der Waals surface area contributed by atoms with E-state index in [4.69, 9.17) is 16.3 Å². The summed E-state index contributed by atoms with van der Waals surface area (Å²) >= 11 is 5.92. The van der Waals surface area contributed by atoms with Gasteiger partial charge in [0.05, 0.1) is 22.9 Å². The predicted molar refractivity (Wildman–Crippen MR) is 120 cm³/mol. The van der Waals surface area contributed by atoms with Crippen molar-refractivity contribution in [2.45, 2.75) is 18.2 Å². The maximum absolute atomic E-state index is 13.2. The van der Waals surface area contributed by atoms with Crippen LogP contribution in [0.1, 0.15) is 22.3 Å². The average molecular weight is 484 g/mol. The number of rotatable bonds is 9. The van der Waals surface area contributed by atoms with Crippen molar-refractivity contribution in [3.05, 3.63) is 58.4 Å². The van der Waals surface area contributed by atoms with E-state index in [-0.39, 0.29) is 16.5 Å². The van der Waals surface area contributed by atoms with Gasteiger partial charge in [-0.15, -0.1) is 0 Å². The van der Waals surface area contributed by atoms with Gasteiger partial charge in [-0.1, -0.05) is 17.7 Å². The molecular formula is C21H23ClFN3O5S. The lowest BCUT2D eigenvalue weighted by molar-refractivity contribution is -0.116. The van der Waals surface area contributed by atoms with Gasteiger partial charge in [-0.05, 0) is 42.3 Å². The Bertz CT molecular complexity index is 1130. The number of fused-ring (bicyclic) bond motifs is 1. The summed E-state index contributed by atoms with van der Waals surface area (Å²) in [6, 6.07) is 7.16. The molecule has 0 saturated carbocycles. The van der Waals surface area contributed by atoms with Gasteiger partial charge in [-0.2, -0.15) is 0 Å². The second-order valence-electron chi connectivity index (χ2n) is 7.34. The van der Waals surface area contributed by atoms with Gasteiger partial charge in [-0.25, -0.2) is 12.8 Å². The number of hydrogen-bond donors (Lipinski definition) is 3. The SMILES string of the molecule is COCCCNC(=O)c1ccc2c(c1)NC(=O)[C@@H](CS(=O)(=O)Cc1ccc(F)cc1Cl)N2. The first-order valence-corrected chi connectivity index (χ1v) is 12.0. The van der Waals surface area contributed by atoms with Crippen molar-refractivity contribution < 1.29 is 27.1 Å².